The second-order valence-corrected chi connectivity index (χ2v) is 4.54. The van der Waals surface area contributed by atoms with E-state index in [0.29, 0.717) is 17.1 Å². The van der Waals surface area contributed by atoms with Crippen LogP contribution in [0.25, 0.3) is 0 Å². The van der Waals surface area contributed by atoms with Gasteiger partial charge in [0.2, 0.25) is 0 Å². The van der Waals surface area contributed by atoms with Crippen LogP contribution in [0, 0.1) is 0 Å². The van der Waals surface area contributed by atoms with E-state index in [-0.39, 0.29) is 11.6 Å². The number of methoxy groups -OCH3 is 2. The van der Waals surface area contributed by atoms with E-state index >= 15 is 0 Å². The molecule has 19 heavy (non-hydrogen) atoms. The SMILES string of the molecule is COc1cc(OC)c(N)c(C(=O)Nc2ccsc2)c1. The number of nitrogens with two attached hydrogens (primary N) is 1. The highest BCUT2D eigenvalue weighted by Crippen LogP contribution is 2.31. The first-order valence-electron chi connectivity index (χ1n) is 5.50. The zero-order valence-electron chi connectivity index (χ0n) is 10.6. The molecular formula is C13H14N2O3S. The Morgan fingerprint density at radius 3 is 2.68 bits per heavy atom. The minimum Gasteiger partial charge on any atom is -0.497 e. The number of rotatable bonds is 4. The second kappa shape index (κ2) is 5.62. The van der Waals surface area contributed by atoms with E-state index in [4.69, 9.17) is 15.2 Å². The summed E-state index contributed by atoms with van der Waals surface area (Å²) in [5.74, 6) is 0.629. The molecule has 6 heteroatoms. The normalized spacial score (nSPS) is 10.0. The minimum absolute atomic E-state index is 0.288. The molecule has 0 saturated carbocycles. The number of nitrogen functional groups attached to an aromatic ring is 1. The zero-order chi connectivity index (χ0) is 13.8. The number of carbonyl (C=O) groups is 1. The van der Waals surface area contributed by atoms with E-state index in [9.17, 15) is 4.79 Å². The number of nitrogens with one attached hydrogen (secondary N) is 1. The van der Waals surface area contributed by atoms with E-state index in [2.05, 4.69) is 5.32 Å². The number of thiophene rings is 1. The Labute approximate surface area is 115 Å². The van der Waals surface area contributed by atoms with Crippen LogP contribution in [-0.2, 0) is 0 Å². The Morgan fingerprint density at radius 2 is 2.11 bits per heavy atom. The van der Waals surface area contributed by atoms with Gasteiger partial charge in [0.25, 0.3) is 5.91 Å². The Morgan fingerprint density at radius 1 is 1.32 bits per heavy atom. The molecule has 0 aliphatic rings. The van der Waals surface area contributed by atoms with E-state index in [0.717, 1.165) is 5.69 Å². The summed E-state index contributed by atoms with van der Waals surface area (Å²) in [6.07, 6.45) is 0. The average Bonchev–Trinajstić information content (AvgIpc) is 2.91. The van der Waals surface area contributed by atoms with Gasteiger partial charge in [0.05, 0.1) is 31.2 Å². The molecule has 0 radical (unpaired) electrons. The van der Waals surface area contributed by atoms with Crippen LogP contribution in [0.1, 0.15) is 10.4 Å². The Kier molecular flexibility index (Phi) is 3.91. The molecule has 0 atom stereocenters. The van der Waals surface area contributed by atoms with Gasteiger partial charge in [-0.05, 0) is 17.5 Å². The number of anilines is 2. The topological polar surface area (TPSA) is 73.6 Å². The van der Waals surface area contributed by atoms with Crippen molar-refractivity contribution in [3.63, 3.8) is 0 Å². The molecule has 0 unspecified atom stereocenters. The van der Waals surface area contributed by atoms with Gasteiger partial charge in [-0.25, -0.2) is 0 Å². The molecule has 0 aliphatic heterocycles. The third-order valence-electron chi connectivity index (χ3n) is 2.59. The lowest BCUT2D eigenvalue weighted by Gasteiger charge is -2.12. The summed E-state index contributed by atoms with van der Waals surface area (Å²) >= 11 is 1.50. The fourth-order valence-corrected chi connectivity index (χ4v) is 2.20. The lowest BCUT2D eigenvalue weighted by molar-refractivity contribution is 0.102. The maximum atomic E-state index is 12.2. The van der Waals surface area contributed by atoms with Crippen molar-refractivity contribution >= 4 is 28.6 Å². The van der Waals surface area contributed by atoms with Gasteiger partial charge >= 0.3 is 0 Å². The van der Waals surface area contributed by atoms with Gasteiger partial charge in [-0.15, -0.1) is 0 Å². The van der Waals surface area contributed by atoms with Crippen LogP contribution >= 0.6 is 11.3 Å². The first-order valence-corrected chi connectivity index (χ1v) is 6.45. The van der Waals surface area contributed by atoms with Crippen LogP contribution in [0.2, 0.25) is 0 Å². The quantitative estimate of drug-likeness (QED) is 0.843. The fourth-order valence-electron chi connectivity index (χ4n) is 1.61. The fraction of sp³-hybridized carbons (Fsp3) is 0.154. The van der Waals surface area contributed by atoms with Crippen LogP contribution in [0.5, 0.6) is 11.5 Å². The number of hydrogen-bond acceptors (Lipinski definition) is 5. The van der Waals surface area contributed by atoms with Crippen molar-refractivity contribution in [1.82, 2.24) is 0 Å². The molecule has 100 valence electrons. The first-order chi connectivity index (χ1) is 9.15. The van der Waals surface area contributed by atoms with Crippen molar-refractivity contribution in [2.45, 2.75) is 0 Å². The van der Waals surface area contributed by atoms with Crippen molar-refractivity contribution in [2.24, 2.45) is 0 Å². The molecule has 0 saturated heterocycles. The summed E-state index contributed by atoms with van der Waals surface area (Å²) in [5.41, 5.74) is 7.25. The molecule has 1 aromatic carbocycles. The molecular weight excluding hydrogens is 264 g/mol. The smallest absolute Gasteiger partial charge is 0.258 e. The Balaban J connectivity index is 2.35. The van der Waals surface area contributed by atoms with Crippen molar-refractivity contribution in [3.05, 3.63) is 34.5 Å². The number of carbonyl (C=O) groups excluding carboxylic acids is 1. The summed E-state index contributed by atoms with van der Waals surface area (Å²) < 4.78 is 10.3. The Hall–Kier alpha value is -2.21. The average molecular weight is 278 g/mol. The summed E-state index contributed by atoms with van der Waals surface area (Å²) in [5, 5.41) is 6.48. The van der Waals surface area contributed by atoms with Gasteiger partial charge in [-0.2, -0.15) is 11.3 Å². The molecule has 1 heterocycles. The molecule has 0 fully saturated rings. The van der Waals surface area contributed by atoms with Crippen LogP contribution < -0.4 is 20.5 Å². The summed E-state index contributed by atoms with van der Waals surface area (Å²) in [4.78, 5) is 12.2. The monoisotopic (exact) mass is 278 g/mol. The van der Waals surface area contributed by atoms with Gasteiger partial charge in [-0.3, -0.25) is 4.79 Å². The van der Waals surface area contributed by atoms with Crippen LogP contribution in [0.15, 0.2) is 29.0 Å². The third-order valence-corrected chi connectivity index (χ3v) is 3.28. The number of hydrogen-bond donors (Lipinski definition) is 2. The van der Waals surface area contributed by atoms with Crippen LogP contribution in [0.3, 0.4) is 0 Å². The largest absolute Gasteiger partial charge is 0.497 e. The van der Waals surface area contributed by atoms with E-state index in [1.54, 1.807) is 12.1 Å². The first kappa shape index (κ1) is 13.2. The van der Waals surface area contributed by atoms with Crippen molar-refractivity contribution < 1.29 is 14.3 Å². The summed E-state index contributed by atoms with van der Waals surface area (Å²) in [6, 6.07) is 5.03. The highest BCUT2D eigenvalue weighted by atomic mass is 32.1. The lowest BCUT2D eigenvalue weighted by Crippen LogP contribution is -2.14. The highest BCUT2D eigenvalue weighted by molar-refractivity contribution is 7.08. The van der Waals surface area contributed by atoms with Crippen molar-refractivity contribution in [2.75, 3.05) is 25.3 Å². The van der Waals surface area contributed by atoms with Crippen LogP contribution in [-0.4, -0.2) is 20.1 Å². The van der Waals surface area contributed by atoms with Gasteiger partial charge in [-0.1, -0.05) is 0 Å². The predicted molar refractivity (Wildman–Crippen MR) is 76.2 cm³/mol. The summed E-state index contributed by atoms with van der Waals surface area (Å²) in [6.45, 7) is 0. The number of ether oxygens (including phenoxy) is 2. The molecule has 3 N–H and O–H groups in total. The molecule has 5 nitrogen and oxygen atoms in total. The number of benzene rings is 1. The maximum absolute atomic E-state index is 12.2. The molecule has 0 aliphatic carbocycles. The predicted octanol–water partition coefficient (Wildman–Crippen LogP) is 2.60. The van der Waals surface area contributed by atoms with Gasteiger partial charge in [0, 0.05) is 11.4 Å². The molecule has 1 aromatic heterocycles. The van der Waals surface area contributed by atoms with Gasteiger partial charge in [0.15, 0.2) is 0 Å². The van der Waals surface area contributed by atoms with Gasteiger partial charge in [0.1, 0.15) is 11.5 Å². The van der Waals surface area contributed by atoms with Crippen molar-refractivity contribution in [3.8, 4) is 11.5 Å². The molecule has 0 bridgehead atoms. The lowest BCUT2D eigenvalue weighted by atomic mass is 10.1. The van der Waals surface area contributed by atoms with Gasteiger partial charge < -0.3 is 20.5 Å². The Bertz CT molecular complexity index is 582. The number of amides is 1. The van der Waals surface area contributed by atoms with E-state index < -0.39 is 0 Å². The third kappa shape index (κ3) is 2.79. The molecule has 0 spiro atoms. The highest BCUT2D eigenvalue weighted by Gasteiger charge is 2.16. The standard InChI is InChI=1S/C13H14N2O3S/c1-17-9-5-10(12(14)11(6-9)18-2)13(16)15-8-3-4-19-7-8/h3-7H,14H2,1-2H3,(H,15,16). The second-order valence-electron chi connectivity index (χ2n) is 3.76. The van der Waals surface area contributed by atoms with Crippen molar-refractivity contribution in [1.29, 1.82) is 0 Å². The maximum Gasteiger partial charge on any atom is 0.258 e. The minimum atomic E-state index is -0.298. The molecule has 2 aromatic rings. The molecule has 1 amide bonds. The van der Waals surface area contributed by atoms with Crippen LogP contribution in [0.4, 0.5) is 11.4 Å². The zero-order valence-corrected chi connectivity index (χ0v) is 11.4. The van der Waals surface area contributed by atoms with E-state index in [1.165, 1.54) is 25.6 Å². The molecule has 2 rings (SSSR count). The summed E-state index contributed by atoms with van der Waals surface area (Å²) in [7, 11) is 3.01. The van der Waals surface area contributed by atoms with E-state index in [1.807, 2.05) is 16.8 Å².